The molecule has 0 spiro atoms. The quantitative estimate of drug-likeness (QED) is 0.809. The second-order valence-electron chi connectivity index (χ2n) is 9.95. The Hall–Kier alpha value is -2.24. The van der Waals surface area contributed by atoms with Crippen LogP contribution in [0.1, 0.15) is 38.5 Å². The molecule has 0 radical (unpaired) electrons. The molecular formula is C24H33N3O3. The van der Waals surface area contributed by atoms with E-state index in [4.69, 9.17) is 4.74 Å². The summed E-state index contributed by atoms with van der Waals surface area (Å²) in [7, 11) is 1.67. The zero-order valence-corrected chi connectivity index (χ0v) is 17.9. The van der Waals surface area contributed by atoms with E-state index in [-0.39, 0.29) is 23.8 Å². The van der Waals surface area contributed by atoms with Crippen molar-refractivity contribution in [2.24, 2.45) is 23.2 Å². The summed E-state index contributed by atoms with van der Waals surface area (Å²) < 4.78 is 5.32. The van der Waals surface area contributed by atoms with Gasteiger partial charge in [-0.25, -0.2) is 0 Å². The highest BCUT2D eigenvalue weighted by atomic mass is 16.5. The number of nitrogens with zero attached hydrogens (tertiary/aromatic N) is 2. The number of carbonyl (C=O) groups excluding carboxylic acids is 2. The van der Waals surface area contributed by atoms with Crippen LogP contribution < -0.4 is 15.0 Å². The van der Waals surface area contributed by atoms with Gasteiger partial charge >= 0.3 is 0 Å². The van der Waals surface area contributed by atoms with E-state index in [9.17, 15) is 9.59 Å². The van der Waals surface area contributed by atoms with E-state index in [1.54, 1.807) is 7.11 Å². The van der Waals surface area contributed by atoms with Gasteiger partial charge in [-0.1, -0.05) is 6.07 Å². The first-order chi connectivity index (χ1) is 14.5. The van der Waals surface area contributed by atoms with Crippen molar-refractivity contribution >= 4 is 17.5 Å². The van der Waals surface area contributed by atoms with Gasteiger partial charge in [-0.2, -0.15) is 0 Å². The lowest BCUT2D eigenvalue weighted by molar-refractivity contribution is -0.148. The van der Waals surface area contributed by atoms with Gasteiger partial charge in [0.15, 0.2) is 0 Å². The molecule has 1 aromatic carbocycles. The molecule has 6 nitrogen and oxygen atoms in total. The summed E-state index contributed by atoms with van der Waals surface area (Å²) in [5.74, 6) is 3.24. The molecule has 30 heavy (non-hydrogen) atoms. The number of hydrogen-bond acceptors (Lipinski definition) is 4. The fourth-order valence-corrected chi connectivity index (χ4v) is 6.87. The van der Waals surface area contributed by atoms with Gasteiger partial charge in [-0.15, -0.1) is 0 Å². The third-order valence-corrected chi connectivity index (χ3v) is 7.97. The van der Waals surface area contributed by atoms with Crippen molar-refractivity contribution in [3.8, 4) is 5.75 Å². The molecule has 0 unspecified atom stereocenters. The van der Waals surface area contributed by atoms with Crippen LogP contribution in [-0.2, 0) is 9.59 Å². The van der Waals surface area contributed by atoms with Gasteiger partial charge in [0, 0.05) is 43.3 Å². The lowest BCUT2D eigenvalue weighted by Gasteiger charge is -2.55. The van der Waals surface area contributed by atoms with Crippen molar-refractivity contribution in [1.82, 2.24) is 10.2 Å². The standard InChI is InChI=1S/C24H33N3O3/c1-30-21-4-2-3-20(12-21)26-5-7-27(8-6-26)22(28)16-25-23(29)24-13-17-9-18(14-24)11-19(10-17)15-24/h2-4,12,17-19H,5-11,13-16H2,1H3,(H,25,29). The lowest BCUT2D eigenvalue weighted by Crippen LogP contribution is -2.56. The molecule has 1 saturated heterocycles. The Kier molecular flexibility index (Phi) is 5.11. The number of nitrogens with one attached hydrogen (secondary N) is 1. The largest absolute Gasteiger partial charge is 0.497 e. The summed E-state index contributed by atoms with van der Waals surface area (Å²) in [5, 5.41) is 3.03. The van der Waals surface area contributed by atoms with Crippen molar-refractivity contribution < 1.29 is 14.3 Å². The van der Waals surface area contributed by atoms with E-state index in [2.05, 4.69) is 16.3 Å². The summed E-state index contributed by atoms with van der Waals surface area (Å²) in [4.78, 5) is 30.0. The number of ether oxygens (including phenoxy) is 1. The minimum Gasteiger partial charge on any atom is -0.497 e. The van der Waals surface area contributed by atoms with Gasteiger partial charge in [-0.05, 0) is 68.4 Å². The Balaban J connectivity index is 1.12. The highest BCUT2D eigenvalue weighted by Gasteiger charge is 2.54. The third kappa shape index (κ3) is 3.65. The Morgan fingerprint density at radius 1 is 1.03 bits per heavy atom. The number of benzene rings is 1. The molecule has 0 aromatic heterocycles. The number of anilines is 1. The van der Waals surface area contributed by atoms with Crippen LogP contribution in [0, 0.1) is 23.2 Å². The Bertz CT molecular complexity index is 780. The zero-order valence-electron chi connectivity index (χ0n) is 17.9. The number of piperazine rings is 1. The first-order valence-corrected chi connectivity index (χ1v) is 11.5. The van der Waals surface area contributed by atoms with Crippen LogP contribution in [0.2, 0.25) is 0 Å². The Morgan fingerprint density at radius 3 is 2.27 bits per heavy atom. The third-order valence-electron chi connectivity index (χ3n) is 7.97. The molecule has 1 N–H and O–H groups in total. The first-order valence-electron chi connectivity index (χ1n) is 11.5. The van der Waals surface area contributed by atoms with Crippen LogP contribution in [0.15, 0.2) is 24.3 Å². The molecule has 6 rings (SSSR count). The van der Waals surface area contributed by atoms with Gasteiger partial charge in [0.1, 0.15) is 5.75 Å². The highest BCUT2D eigenvalue weighted by Crippen LogP contribution is 2.60. The average molecular weight is 412 g/mol. The molecule has 2 amide bonds. The van der Waals surface area contributed by atoms with Gasteiger partial charge < -0.3 is 19.9 Å². The summed E-state index contributed by atoms with van der Waals surface area (Å²) >= 11 is 0. The van der Waals surface area contributed by atoms with Crippen molar-refractivity contribution in [1.29, 1.82) is 0 Å². The van der Waals surface area contributed by atoms with Crippen LogP contribution in [0.4, 0.5) is 5.69 Å². The molecule has 162 valence electrons. The second-order valence-corrected chi connectivity index (χ2v) is 9.95. The maximum Gasteiger partial charge on any atom is 0.242 e. The second kappa shape index (κ2) is 7.78. The molecule has 5 aliphatic rings. The summed E-state index contributed by atoms with van der Waals surface area (Å²) in [6.07, 6.45) is 7.09. The molecule has 5 fully saturated rings. The van der Waals surface area contributed by atoms with Gasteiger partial charge in [0.25, 0.3) is 0 Å². The summed E-state index contributed by atoms with van der Waals surface area (Å²) in [5.41, 5.74) is 0.941. The fraction of sp³-hybridized carbons (Fsp3) is 0.667. The molecule has 0 atom stereocenters. The molecule has 1 aromatic rings. The van der Waals surface area contributed by atoms with Crippen LogP contribution in [0.5, 0.6) is 5.75 Å². The minimum atomic E-state index is -0.180. The maximum atomic E-state index is 13.1. The SMILES string of the molecule is COc1cccc(N2CCN(C(=O)CNC(=O)C34CC5CC(CC(C5)C3)C4)CC2)c1. The fourth-order valence-electron chi connectivity index (χ4n) is 6.87. The highest BCUT2D eigenvalue weighted by molar-refractivity contribution is 5.88. The molecular weight excluding hydrogens is 378 g/mol. The predicted molar refractivity (Wildman–Crippen MR) is 115 cm³/mol. The van der Waals surface area contributed by atoms with E-state index < -0.39 is 0 Å². The van der Waals surface area contributed by atoms with Crippen LogP contribution in [-0.4, -0.2) is 56.5 Å². The average Bonchev–Trinajstić information content (AvgIpc) is 2.76. The van der Waals surface area contributed by atoms with Gasteiger partial charge in [0.05, 0.1) is 13.7 Å². The molecule has 1 aliphatic heterocycles. The van der Waals surface area contributed by atoms with E-state index >= 15 is 0 Å². The molecule has 4 aliphatic carbocycles. The molecule has 4 bridgehead atoms. The monoisotopic (exact) mass is 411 g/mol. The van der Waals surface area contributed by atoms with Crippen LogP contribution in [0.3, 0.4) is 0 Å². The molecule has 4 saturated carbocycles. The van der Waals surface area contributed by atoms with Gasteiger partial charge in [0.2, 0.25) is 11.8 Å². The number of carbonyl (C=O) groups is 2. The first kappa shape index (κ1) is 19.7. The Morgan fingerprint density at radius 2 is 1.67 bits per heavy atom. The normalized spacial score (nSPS) is 32.2. The van der Waals surface area contributed by atoms with E-state index in [0.717, 1.165) is 61.5 Å². The summed E-state index contributed by atoms with van der Waals surface area (Å²) in [6.45, 7) is 3.09. The van der Waals surface area contributed by atoms with Gasteiger partial charge in [-0.3, -0.25) is 9.59 Å². The number of hydrogen-bond donors (Lipinski definition) is 1. The zero-order chi connectivity index (χ0) is 20.7. The maximum absolute atomic E-state index is 13.1. The van der Waals surface area contributed by atoms with Crippen molar-refractivity contribution in [2.45, 2.75) is 38.5 Å². The molecule has 6 heteroatoms. The lowest BCUT2D eigenvalue weighted by atomic mass is 9.49. The van der Waals surface area contributed by atoms with Crippen molar-refractivity contribution in [3.63, 3.8) is 0 Å². The van der Waals surface area contributed by atoms with E-state index in [1.165, 1.54) is 19.3 Å². The minimum absolute atomic E-state index is 0.0402. The topological polar surface area (TPSA) is 61.9 Å². The van der Waals surface area contributed by atoms with Crippen molar-refractivity contribution in [2.75, 3.05) is 44.7 Å². The molecule has 1 heterocycles. The predicted octanol–water partition coefficient (Wildman–Crippen LogP) is 2.68. The Labute approximate surface area is 178 Å². The van der Waals surface area contributed by atoms with Crippen LogP contribution >= 0.6 is 0 Å². The van der Waals surface area contributed by atoms with E-state index in [0.29, 0.717) is 13.1 Å². The van der Waals surface area contributed by atoms with E-state index in [1.807, 2.05) is 23.1 Å². The number of rotatable bonds is 5. The number of amides is 2. The van der Waals surface area contributed by atoms with Crippen LogP contribution in [0.25, 0.3) is 0 Å². The smallest absolute Gasteiger partial charge is 0.242 e. The number of methoxy groups -OCH3 is 1. The summed E-state index contributed by atoms with van der Waals surface area (Å²) in [6, 6.07) is 8.04. The van der Waals surface area contributed by atoms with Crippen molar-refractivity contribution in [3.05, 3.63) is 24.3 Å².